The molecule has 6 heteroatoms. The van der Waals surface area contributed by atoms with Crippen molar-refractivity contribution in [1.82, 2.24) is 9.88 Å². The summed E-state index contributed by atoms with van der Waals surface area (Å²) in [5.74, 6) is 7.79. The fourth-order valence-corrected chi connectivity index (χ4v) is 5.67. The van der Waals surface area contributed by atoms with Crippen molar-refractivity contribution in [1.29, 1.82) is 0 Å². The number of hydrogen-bond acceptors (Lipinski definition) is 5. The van der Waals surface area contributed by atoms with Crippen LogP contribution in [0.5, 0.6) is 11.5 Å². The summed E-state index contributed by atoms with van der Waals surface area (Å²) < 4.78 is 11.3. The summed E-state index contributed by atoms with van der Waals surface area (Å²) in [6, 6.07) is 20.1. The van der Waals surface area contributed by atoms with Crippen molar-refractivity contribution >= 4 is 28.0 Å². The summed E-state index contributed by atoms with van der Waals surface area (Å²) in [5, 5.41) is 5.44. The number of fused-ring (bicyclic) bond motifs is 2. The van der Waals surface area contributed by atoms with Crippen LogP contribution in [0.4, 0.5) is 0 Å². The molecular weight excluding hydrogens is 456 g/mol. The second kappa shape index (κ2) is 9.44. The van der Waals surface area contributed by atoms with E-state index < -0.39 is 0 Å². The third-order valence-electron chi connectivity index (χ3n) is 6.59. The number of rotatable bonds is 2. The average molecular weight is 481 g/mol. The Labute approximate surface area is 208 Å². The predicted molar refractivity (Wildman–Crippen MR) is 138 cm³/mol. The Balaban J connectivity index is 1.10. The number of likely N-dealkylation sites (tertiary alicyclic amines) is 1. The van der Waals surface area contributed by atoms with E-state index in [1.54, 1.807) is 11.3 Å². The Morgan fingerprint density at radius 2 is 1.77 bits per heavy atom. The first kappa shape index (κ1) is 21.7. The van der Waals surface area contributed by atoms with Crippen LogP contribution in [0, 0.1) is 11.8 Å². The molecule has 3 aromatic carbocycles. The van der Waals surface area contributed by atoms with Gasteiger partial charge in [0.15, 0.2) is 11.5 Å². The van der Waals surface area contributed by atoms with Crippen molar-refractivity contribution in [3.05, 3.63) is 76.6 Å². The summed E-state index contributed by atoms with van der Waals surface area (Å²) in [6.45, 7) is 2.56. The summed E-state index contributed by atoms with van der Waals surface area (Å²) >= 11 is 1.69. The SMILES string of the molecule is O=C(C#Cc1cccc2ccccc12)N1CCC(c2nc(-c3ccc4c(c3)OCCO4)cs2)CC1. The second-order valence-corrected chi connectivity index (χ2v) is 9.66. The molecule has 1 saturated heterocycles. The largest absolute Gasteiger partial charge is 0.486 e. The lowest BCUT2D eigenvalue weighted by atomic mass is 9.97. The maximum Gasteiger partial charge on any atom is 0.298 e. The molecule has 4 aromatic rings. The summed E-state index contributed by atoms with van der Waals surface area (Å²) in [4.78, 5) is 19.6. The van der Waals surface area contributed by atoms with E-state index in [1.165, 1.54) is 0 Å². The number of piperidine rings is 1. The zero-order valence-corrected chi connectivity index (χ0v) is 20.0. The Morgan fingerprint density at radius 1 is 0.971 bits per heavy atom. The quantitative estimate of drug-likeness (QED) is 0.356. The molecule has 35 heavy (non-hydrogen) atoms. The van der Waals surface area contributed by atoms with Gasteiger partial charge in [-0.15, -0.1) is 11.3 Å². The van der Waals surface area contributed by atoms with Gasteiger partial charge in [0.1, 0.15) is 13.2 Å². The van der Waals surface area contributed by atoms with E-state index in [0.29, 0.717) is 32.2 Å². The molecular formula is C29H24N2O3S. The molecule has 0 radical (unpaired) electrons. The van der Waals surface area contributed by atoms with E-state index in [1.807, 2.05) is 53.4 Å². The number of carbonyl (C=O) groups is 1. The molecule has 6 rings (SSSR count). The summed E-state index contributed by atoms with van der Waals surface area (Å²) in [6.07, 6.45) is 1.80. The van der Waals surface area contributed by atoms with Crippen LogP contribution in [0.3, 0.4) is 0 Å². The minimum Gasteiger partial charge on any atom is -0.486 e. The highest BCUT2D eigenvalue weighted by Crippen LogP contribution is 2.37. The van der Waals surface area contributed by atoms with E-state index in [2.05, 4.69) is 29.4 Å². The van der Waals surface area contributed by atoms with Crippen LogP contribution < -0.4 is 9.47 Å². The van der Waals surface area contributed by atoms with Gasteiger partial charge in [0.25, 0.3) is 5.91 Å². The van der Waals surface area contributed by atoms with Gasteiger partial charge in [-0.25, -0.2) is 4.98 Å². The minimum atomic E-state index is -0.104. The average Bonchev–Trinajstić information content (AvgIpc) is 3.42. The number of amides is 1. The Bertz CT molecular complexity index is 1450. The third-order valence-corrected chi connectivity index (χ3v) is 7.59. The maximum absolute atomic E-state index is 12.8. The molecule has 0 unspecified atom stereocenters. The topological polar surface area (TPSA) is 51.7 Å². The lowest BCUT2D eigenvalue weighted by Gasteiger charge is -2.29. The van der Waals surface area contributed by atoms with Gasteiger partial charge >= 0.3 is 0 Å². The fourth-order valence-electron chi connectivity index (χ4n) is 4.67. The number of carbonyl (C=O) groups excluding carboxylic acids is 1. The Kier molecular flexibility index (Phi) is 5.85. The number of thiazole rings is 1. The summed E-state index contributed by atoms with van der Waals surface area (Å²) in [7, 11) is 0. The molecule has 0 aliphatic carbocycles. The fraction of sp³-hybridized carbons (Fsp3) is 0.241. The predicted octanol–water partition coefficient (Wildman–Crippen LogP) is 5.49. The van der Waals surface area contributed by atoms with Crippen LogP contribution in [0.15, 0.2) is 66.0 Å². The van der Waals surface area contributed by atoms with Crippen molar-refractivity contribution in [3.8, 4) is 34.6 Å². The minimum absolute atomic E-state index is 0.104. The van der Waals surface area contributed by atoms with Gasteiger partial charge in [0, 0.05) is 41.4 Å². The van der Waals surface area contributed by atoms with E-state index >= 15 is 0 Å². The van der Waals surface area contributed by atoms with Crippen molar-refractivity contribution in [3.63, 3.8) is 0 Å². The van der Waals surface area contributed by atoms with Crippen LogP contribution >= 0.6 is 11.3 Å². The van der Waals surface area contributed by atoms with Crippen LogP contribution in [0.2, 0.25) is 0 Å². The molecule has 2 aliphatic heterocycles. The monoisotopic (exact) mass is 480 g/mol. The first-order valence-electron chi connectivity index (χ1n) is 11.9. The standard InChI is InChI=1S/C29H24N2O3S/c32-28(11-9-21-6-3-5-20-4-1-2-7-24(20)21)31-14-12-22(13-15-31)29-30-25(19-35-29)23-8-10-26-27(18-23)34-17-16-33-26/h1-8,10,18-19,22H,12-17H2. The smallest absolute Gasteiger partial charge is 0.298 e. The first-order valence-corrected chi connectivity index (χ1v) is 12.8. The van der Waals surface area contributed by atoms with Gasteiger partial charge in [-0.2, -0.15) is 0 Å². The van der Waals surface area contributed by atoms with Crippen LogP contribution in [0.25, 0.3) is 22.0 Å². The van der Waals surface area contributed by atoms with E-state index in [9.17, 15) is 4.79 Å². The van der Waals surface area contributed by atoms with Crippen LogP contribution in [-0.4, -0.2) is 42.1 Å². The first-order chi connectivity index (χ1) is 17.2. The lowest BCUT2D eigenvalue weighted by molar-refractivity contribution is -0.126. The molecule has 174 valence electrons. The van der Waals surface area contributed by atoms with Crippen molar-refractivity contribution < 1.29 is 14.3 Å². The van der Waals surface area contributed by atoms with Gasteiger partial charge < -0.3 is 14.4 Å². The maximum atomic E-state index is 12.8. The molecule has 3 heterocycles. The summed E-state index contributed by atoms with van der Waals surface area (Å²) in [5.41, 5.74) is 2.88. The molecule has 0 bridgehead atoms. The van der Waals surface area contributed by atoms with Crippen LogP contribution in [-0.2, 0) is 4.79 Å². The van der Waals surface area contributed by atoms with Gasteiger partial charge in [-0.05, 0) is 47.9 Å². The molecule has 1 amide bonds. The number of nitrogens with zero attached hydrogens (tertiary/aromatic N) is 2. The molecule has 0 atom stereocenters. The molecule has 0 saturated carbocycles. The molecule has 2 aliphatic rings. The zero-order chi connectivity index (χ0) is 23.6. The number of ether oxygens (including phenoxy) is 2. The van der Waals surface area contributed by atoms with Crippen LogP contribution in [0.1, 0.15) is 29.3 Å². The third kappa shape index (κ3) is 4.48. The van der Waals surface area contributed by atoms with Gasteiger partial charge in [-0.3, -0.25) is 4.79 Å². The number of hydrogen-bond donors (Lipinski definition) is 0. The Hall–Kier alpha value is -3.82. The highest BCUT2D eigenvalue weighted by molar-refractivity contribution is 7.10. The van der Waals surface area contributed by atoms with E-state index in [-0.39, 0.29) is 5.91 Å². The molecule has 1 aromatic heterocycles. The zero-order valence-electron chi connectivity index (χ0n) is 19.2. The second-order valence-electron chi connectivity index (χ2n) is 8.77. The van der Waals surface area contributed by atoms with Gasteiger partial charge in [0.2, 0.25) is 0 Å². The van der Waals surface area contributed by atoms with Gasteiger partial charge in [0.05, 0.1) is 10.7 Å². The van der Waals surface area contributed by atoms with E-state index in [4.69, 9.17) is 14.5 Å². The normalized spacial score (nSPS) is 15.5. The van der Waals surface area contributed by atoms with Crippen molar-refractivity contribution in [2.75, 3.05) is 26.3 Å². The highest BCUT2D eigenvalue weighted by Gasteiger charge is 2.25. The van der Waals surface area contributed by atoms with E-state index in [0.717, 1.165) is 56.9 Å². The Morgan fingerprint density at radius 3 is 2.66 bits per heavy atom. The van der Waals surface area contributed by atoms with Crippen molar-refractivity contribution in [2.45, 2.75) is 18.8 Å². The highest BCUT2D eigenvalue weighted by atomic mass is 32.1. The molecule has 0 N–H and O–H groups in total. The molecule has 0 spiro atoms. The number of benzene rings is 3. The number of aromatic nitrogens is 1. The lowest BCUT2D eigenvalue weighted by Crippen LogP contribution is -2.37. The van der Waals surface area contributed by atoms with Gasteiger partial charge in [-0.1, -0.05) is 42.3 Å². The van der Waals surface area contributed by atoms with Crippen molar-refractivity contribution in [2.24, 2.45) is 0 Å². The molecule has 1 fully saturated rings. The molecule has 5 nitrogen and oxygen atoms in total.